The Kier molecular flexibility index (Phi) is 4.90. The van der Waals surface area contributed by atoms with Crippen LogP contribution in [-0.2, 0) is 13.6 Å². The number of anilines is 1. The van der Waals surface area contributed by atoms with Crippen molar-refractivity contribution in [3.8, 4) is 11.3 Å². The largest absolute Gasteiger partial charge is 0.372 e. The number of aryl methyl sites for hydroxylation is 2. The van der Waals surface area contributed by atoms with Crippen molar-refractivity contribution in [2.45, 2.75) is 33.2 Å². The molecule has 0 radical (unpaired) electrons. The van der Waals surface area contributed by atoms with E-state index in [0.717, 1.165) is 41.3 Å². The van der Waals surface area contributed by atoms with Crippen LogP contribution in [0, 0.1) is 13.8 Å². The standard InChI is InChI=1S/C21H26N6O/c1-14-20(15(2)26(3)25-14)18-12-19(24-23-18)21(28)22-13-16-6-8-17(9-7-16)27-10-4-5-11-27/h6-9,12H,4-5,10-11,13H2,1-3H3,(H,22,28)(H,23,24). The Hall–Kier alpha value is -3.09. The molecular weight excluding hydrogens is 352 g/mol. The molecule has 1 aliphatic rings. The number of aromatic nitrogens is 4. The first-order valence-electron chi connectivity index (χ1n) is 9.71. The minimum absolute atomic E-state index is 0.165. The van der Waals surface area contributed by atoms with Gasteiger partial charge in [0.05, 0.1) is 11.4 Å². The highest BCUT2D eigenvalue weighted by molar-refractivity contribution is 5.93. The third kappa shape index (κ3) is 3.52. The average Bonchev–Trinajstić information content (AvgIpc) is 3.42. The molecule has 0 aliphatic carbocycles. The Morgan fingerprint density at radius 2 is 1.89 bits per heavy atom. The molecule has 0 bridgehead atoms. The molecule has 1 saturated heterocycles. The zero-order valence-corrected chi connectivity index (χ0v) is 16.6. The summed E-state index contributed by atoms with van der Waals surface area (Å²) in [7, 11) is 1.90. The fourth-order valence-electron chi connectivity index (χ4n) is 3.79. The van der Waals surface area contributed by atoms with Crippen LogP contribution in [0.1, 0.15) is 40.3 Å². The zero-order chi connectivity index (χ0) is 19.7. The van der Waals surface area contributed by atoms with E-state index in [-0.39, 0.29) is 5.91 Å². The molecule has 0 saturated carbocycles. The van der Waals surface area contributed by atoms with E-state index in [2.05, 4.69) is 49.8 Å². The molecule has 4 rings (SSSR count). The number of nitrogens with one attached hydrogen (secondary N) is 2. The smallest absolute Gasteiger partial charge is 0.269 e. The number of carbonyl (C=O) groups excluding carboxylic acids is 1. The fraction of sp³-hybridized carbons (Fsp3) is 0.381. The van der Waals surface area contributed by atoms with E-state index in [1.54, 1.807) is 6.07 Å². The monoisotopic (exact) mass is 378 g/mol. The minimum Gasteiger partial charge on any atom is -0.372 e. The van der Waals surface area contributed by atoms with Gasteiger partial charge in [-0.3, -0.25) is 14.6 Å². The SMILES string of the molecule is Cc1nn(C)c(C)c1-c1cc(C(=O)NCc2ccc(N3CCCC3)cc2)[nH]n1. The molecule has 7 heteroatoms. The maximum atomic E-state index is 12.5. The van der Waals surface area contributed by atoms with Crippen LogP contribution >= 0.6 is 0 Å². The summed E-state index contributed by atoms with van der Waals surface area (Å²) < 4.78 is 1.82. The zero-order valence-electron chi connectivity index (χ0n) is 16.6. The molecule has 28 heavy (non-hydrogen) atoms. The van der Waals surface area contributed by atoms with Crippen molar-refractivity contribution in [1.82, 2.24) is 25.3 Å². The van der Waals surface area contributed by atoms with Crippen LogP contribution in [0.25, 0.3) is 11.3 Å². The van der Waals surface area contributed by atoms with Crippen LogP contribution in [0.5, 0.6) is 0 Å². The molecule has 1 amide bonds. The topological polar surface area (TPSA) is 78.8 Å². The number of H-pyrrole nitrogens is 1. The predicted molar refractivity (Wildman–Crippen MR) is 109 cm³/mol. The molecule has 2 N–H and O–H groups in total. The van der Waals surface area contributed by atoms with E-state index in [0.29, 0.717) is 12.2 Å². The van der Waals surface area contributed by atoms with E-state index >= 15 is 0 Å². The van der Waals surface area contributed by atoms with Crippen LogP contribution in [0.15, 0.2) is 30.3 Å². The van der Waals surface area contributed by atoms with E-state index in [1.807, 2.05) is 25.6 Å². The summed E-state index contributed by atoms with van der Waals surface area (Å²) in [5.41, 5.74) is 6.42. The summed E-state index contributed by atoms with van der Waals surface area (Å²) in [6.07, 6.45) is 2.53. The lowest BCUT2D eigenvalue weighted by atomic mass is 10.1. The van der Waals surface area contributed by atoms with E-state index < -0.39 is 0 Å². The lowest BCUT2D eigenvalue weighted by Gasteiger charge is -2.17. The molecule has 146 valence electrons. The summed E-state index contributed by atoms with van der Waals surface area (Å²) in [6.45, 7) is 6.69. The number of rotatable bonds is 5. The molecule has 0 atom stereocenters. The van der Waals surface area contributed by atoms with E-state index in [4.69, 9.17) is 0 Å². The summed E-state index contributed by atoms with van der Waals surface area (Å²) in [6, 6.07) is 10.2. The molecule has 3 heterocycles. The first kappa shape index (κ1) is 18.3. The molecule has 0 unspecified atom stereocenters. The molecular formula is C21H26N6O. The van der Waals surface area contributed by atoms with Gasteiger partial charge in [0, 0.05) is 43.6 Å². The molecule has 2 aromatic heterocycles. The first-order valence-corrected chi connectivity index (χ1v) is 9.71. The van der Waals surface area contributed by atoms with Crippen molar-refractivity contribution in [2.75, 3.05) is 18.0 Å². The fourth-order valence-corrected chi connectivity index (χ4v) is 3.79. The lowest BCUT2D eigenvalue weighted by Crippen LogP contribution is -2.23. The number of benzene rings is 1. The number of aromatic amines is 1. The quantitative estimate of drug-likeness (QED) is 0.715. The Bertz CT molecular complexity index is 979. The summed E-state index contributed by atoms with van der Waals surface area (Å²) in [5.74, 6) is -0.165. The summed E-state index contributed by atoms with van der Waals surface area (Å²) >= 11 is 0. The number of nitrogens with zero attached hydrogens (tertiary/aromatic N) is 4. The maximum Gasteiger partial charge on any atom is 0.269 e. The van der Waals surface area contributed by atoms with Gasteiger partial charge in [0.25, 0.3) is 5.91 Å². The predicted octanol–water partition coefficient (Wildman–Crippen LogP) is 2.96. The molecule has 1 aromatic carbocycles. The van der Waals surface area contributed by atoms with Crippen molar-refractivity contribution in [3.63, 3.8) is 0 Å². The number of carbonyl (C=O) groups is 1. The van der Waals surface area contributed by atoms with Gasteiger partial charge >= 0.3 is 0 Å². The number of hydrogen-bond donors (Lipinski definition) is 2. The van der Waals surface area contributed by atoms with Gasteiger partial charge in [-0.05, 0) is 50.5 Å². The second-order valence-corrected chi connectivity index (χ2v) is 7.38. The van der Waals surface area contributed by atoms with Gasteiger partial charge in [0.15, 0.2) is 0 Å². The van der Waals surface area contributed by atoms with Gasteiger partial charge in [-0.25, -0.2) is 0 Å². The summed E-state index contributed by atoms with van der Waals surface area (Å²) in [4.78, 5) is 14.9. The average molecular weight is 378 g/mol. The second kappa shape index (κ2) is 7.50. The first-order chi connectivity index (χ1) is 13.5. The van der Waals surface area contributed by atoms with Crippen molar-refractivity contribution >= 4 is 11.6 Å². The van der Waals surface area contributed by atoms with Gasteiger partial charge in [-0.1, -0.05) is 12.1 Å². The maximum absolute atomic E-state index is 12.5. The molecule has 1 fully saturated rings. The molecule has 1 aliphatic heterocycles. The van der Waals surface area contributed by atoms with E-state index in [1.165, 1.54) is 18.5 Å². The van der Waals surface area contributed by atoms with Crippen molar-refractivity contribution in [3.05, 3.63) is 53.0 Å². The van der Waals surface area contributed by atoms with Crippen LogP contribution in [0.3, 0.4) is 0 Å². The van der Waals surface area contributed by atoms with Gasteiger partial charge < -0.3 is 10.2 Å². The molecule has 7 nitrogen and oxygen atoms in total. The van der Waals surface area contributed by atoms with Crippen LogP contribution < -0.4 is 10.2 Å². The second-order valence-electron chi connectivity index (χ2n) is 7.38. The van der Waals surface area contributed by atoms with Gasteiger partial charge in [-0.2, -0.15) is 10.2 Å². The van der Waals surface area contributed by atoms with Crippen molar-refractivity contribution < 1.29 is 4.79 Å². The summed E-state index contributed by atoms with van der Waals surface area (Å²) in [5, 5.41) is 14.5. The third-order valence-corrected chi connectivity index (χ3v) is 5.45. The van der Waals surface area contributed by atoms with Gasteiger partial charge in [-0.15, -0.1) is 0 Å². The van der Waals surface area contributed by atoms with Crippen molar-refractivity contribution in [1.29, 1.82) is 0 Å². The van der Waals surface area contributed by atoms with E-state index in [9.17, 15) is 4.79 Å². The Labute approximate surface area is 164 Å². The number of amides is 1. The number of hydrogen-bond acceptors (Lipinski definition) is 4. The van der Waals surface area contributed by atoms with Gasteiger partial charge in [0.2, 0.25) is 0 Å². The molecule has 0 spiro atoms. The highest BCUT2D eigenvalue weighted by Crippen LogP contribution is 2.25. The van der Waals surface area contributed by atoms with Crippen molar-refractivity contribution in [2.24, 2.45) is 7.05 Å². The normalized spacial score (nSPS) is 13.9. The van der Waals surface area contributed by atoms with Crippen LogP contribution in [0.2, 0.25) is 0 Å². The van der Waals surface area contributed by atoms with Crippen LogP contribution in [0.4, 0.5) is 5.69 Å². The Balaban J connectivity index is 1.40. The Morgan fingerprint density at radius 1 is 1.18 bits per heavy atom. The Morgan fingerprint density at radius 3 is 2.54 bits per heavy atom. The van der Waals surface area contributed by atoms with Crippen LogP contribution in [-0.4, -0.2) is 39.0 Å². The highest BCUT2D eigenvalue weighted by atomic mass is 16.1. The lowest BCUT2D eigenvalue weighted by molar-refractivity contribution is 0.0946. The molecule has 3 aromatic rings. The highest BCUT2D eigenvalue weighted by Gasteiger charge is 2.17. The minimum atomic E-state index is -0.165. The van der Waals surface area contributed by atoms with Gasteiger partial charge in [0.1, 0.15) is 5.69 Å². The third-order valence-electron chi connectivity index (χ3n) is 5.45.